The van der Waals surface area contributed by atoms with Crippen molar-refractivity contribution in [1.29, 1.82) is 0 Å². The van der Waals surface area contributed by atoms with Gasteiger partial charge in [0, 0.05) is 71.7 Å². The highest BCUT2D eigenvalue weighted by atomic mass is 16.2. The van der Waals surface area contributed by atoms with Gasteiger partial charge in [-0.3, -0.25) is 4.79 Å². The van der Waals surface area contributed by atoms with Gasteiger partial charge in [-0.15, -0.1) is 0 Å². The third-order valence-electron chi connectivity index (χ3n) is 5.42. The van der Waals surface area contributed by atoms with E-state index in [1.165, 1.54) is 12.8 Å². The fraction of sp³-hybridized carbons (Fsp3) is 0.882. The maximum absolute atomic E-state index is 12.5. The lowest BCUT2D eigenvalue weighted by Gasteiger charge is -2.34. The lowest BCUT2D eigenvalue weighted by Crippen LogP contribution is -2.47. The molecule has 3 amide bonds. The van der Waals surface area contributed by atoms with Gasteiger partial charge in [-0.1, -0.05) is 0 Å². The molecule has 2 saturated heterocycles. The van der Waals surface area contributed by atoms with E-state index in [1.54, 1.807) is 19.0 Å². The molecule has 3 rings (SSSR count). The minimum atomic E-state index is -0.0931. The second-order valence-corrected chi connectivity index (χ2v) is 7.86. The van der Waals surface area contributed by atoms with Crippen LogP contribution in [0, 0.1) is 11.3 Å². The Morgan fingerprint density at radius 1 is 1.22 bits per heavy atom. The minimum Gasteiger partial charge on any atom is -0.342 e. The summed E-state index contributed by atoms with van der Waals surface area (Å²) in [7, 11) is 3.61. The molecule has 1 saturated carbocycles. The molecule has 0 N–H and O–H groups in total. The molecule has 130 valence electrons. The van der Waals surface area contributed by atoms with Crippen molar-refractivity contribution in [2.24, 2.45) is 11.3 Å². The molecule has 2 aliphatic heterocycles. The number of amides is 3. The summed E-state index contributed by atoms with van der Waals surface area (Å²) in [6, 6.07) is 0.0695. The van der Waals surface area contributed by atoms with Crippen LogP contribution in [0.5, 0.6) is 0 Å². The van der Waals surface area contributed by atoms with Crippen molar-refractivity contribution in [3.8, 4) is 0 Å². The topological polar surface area (TPSA) is 47.1 Å². The molecule has 3 aliphatic rings. The molecule has 0 aromatic heterocycles. The number of urea groups is 1. The van der Waals surface area contributed by atoms with E-state index in [0.29, 0.717) is 13.0 Å². The van der Waals surface area contributed by atoms with Crippen molar-refractivity contribution in [1.82, 2.24) is 19.6 Å². The minimum absolute atomic E-state index is 0.0695. The van der Waals surface area contributed by atoms with Crippen LogP contribution in [0.2, 0.25) is 0 Å². The largest absolute Gasteiger partial charge is 0.342 e. The molecule has 3 fully saturated rings. The monoisotopic (exact) mass is 322 g/mol. The van der Waals surface area contributed by atoms with Crippen LogP contribution in [0.1, 0.15) is 26.2 Å². The molecule has 23 heavy (non-hydrogen) atoms. The summed E-state index contributed by atoms with van der Waals surface area (Å²) >= 11 is 0. The number of hydrogen-bond donors (Lipinski definition) is 0. The maximum Gasteiger partial charge on any atom is 0.319 e. The third kappa shape index (κ3) is 3.62. The molecule has 1 spiro atoms. The zero-order valence-corrected chi connectivity index (χ0v) is 14.8. The molecule has 0 aromatic carbocycles. The van der Waals surface area contributed by atoms with Crippen molar-refractivity contribution in [2.45, 2.75) is 26.2 Å². The first-order valence-corrected chi connectivity index (χ1v) is 8.89. The van der Waals surface area contributed by atoms with Crippen LogP contribution in [0.4, 0.5) is 4.79 Å². The Morgan fingerprint density at radius 3 is 2.52 bits per heavy atom. The van der Waals surface area contributed by atoms with Crippen LogP contribution < -0.4 is 0 Å². The van der Waals surface area contributed by atoms with Gasteiger partial charge in [0.2, 0.25) is 5.91 Å². The Labute approximate surface area is 139 Å². The lowest BCUT2D eigenvalue weighted by molar-refractivity contribution is -0.127. The quantitative estimate of drug-likeness (QED) is 0.777. The van der Waals surface area contributed by atoms with E-state index in [-0.39, 0.29) is 17.4 Å². The van der Waals surface area contributed by atoms with E-state index >= 15 is 0 Å². The number of nitrogens with zero attached hydrogens (tertiary/aromatic N) is 4. The van der Waals surface area contributed by atoms with E-state index in [1.807, 2.05) is 16.7 Å². The molecule has 1 aliphatic carbocycles. The van der Waals surface area contributed by atoms with Gasteiger partial charge in [0.1, 0.15) is 0 Å². The molecular weight excluding hydrogens is 292 g/mol. The van der Waals surface area contributed by atoms with Crippen LogP contribution in [-0.2, 0) is 4.79 Å². The van der Waals surface area contributed by atoms with Crippen LogP contribution in [-0.4, -0.2) is 91.4 Å². The van der Waals surface area contributed by atoms with Crippen LogP contribution >= 0.6 is 0 Å². The first-order valence-electron chi connectivity index (χ1n) is 8.89. The second kappa shape index (κ2) is 6.30. The summed E-state index contributed by atoms with van der Waals surface area (Å²) in [4.78, 5) is 32.9. The summed E-state index contributed by atoms with van der Waals surface area (Å²) in [6.07, 6.45) is 3.26. The van der Waals surface area contributed by atoms with E-state index in [0.717, 1.165) is 45.2 Å². The molecule has 0 bridgehead atoms. The average molecular weight is 322 g/mol. The average Bonchev–Trinajstić information content (AvgIpc) is 3.27. The predicted octanol–water partition coefficient (Wildman–Crippen LogP) is 0.934. The van der Waals surface area contributed by atoms with Gasteiger partial charge in [-0.05, 0) is 25.7 Å². The van der Waals surface area contributed by atoms with Crippen molar-refractivity contribution >= 4 is 11.9 Å². The number of carbonyl (C=O) groups is 2. The van der Waals surface area contributed by atoms with E-state index in [4.69, 9.17) is 0 Å². The standard InChI is InChI=1S/C17H30N4O2/c1-4-20-12-17(9-15(20)22)11-19(10-14-5-6-14)7-8-21(13-17)16(23)18(2)3/h14H,4-13H2,1-3H3/t17-/m1/s1. The van der Waals surface area contributed by atoms with Gasteiger partial charge in [0.25, 0.3) is 0 Å². The van der Waals surface area contributed by atoms with Gasteiger partial charge in [0.05, 0.1) is 0 Å². The van der Waals surface area contributed by atoms with Gasteiger partial charge in [-0.2, -0.15) is 0 Å². The highest BCUT2D eigenvalue weighted by Gasteiger charge is 2.47. The number of rotatable bonds is 3. The molecule has 6 nitrogen and oxygen atoms in total. The number of carbonyl (C=O) groups excluding carboxylic acids is 2. The van der Waals surface area contributed by atoms with E-state index in [2.05, 4.69) is 4.90 Å². The first-order chi connectivity index (χ1) is 10.9. The predicted molar refractivity (Wildman–Crippen MR) is 89.1 cm³/mol. The molecule has 1 atom stereocenters. The van der Waals surface area contributed by atoms with Crippen molar-refractivity contribution in [3.05, 3.63) is 0 Å². The Morgan fingerprint density at radius 2 is 1.96 bits per heavy atom. The molecule has 0 unspecified atom stereocenters. The van der Waals surface area contributed by atoms with E-state index in [9.17, 15) is 9.59 Å². The normalized spacial score (nSPS) is 29.3. The summed E-state index contributed by atoms with van der Waals surface area (Å²) < 4.78 is 0. The Bertz CT molecular complexity index is 477. The van der Waals surface area contributed by atoms with Crippen molar-refractivity contribution < 1.29 is 9.59 Å². The zero-order valence-electron chi connectivity index (χ0n) is 14.8. The van der Waals surface area contributed by atoms with Gasteiger partial charge >= 0.3 is 6.03 Å². The summed E-state index contributed by atoms with van der Waals surface area (Å²) in [6.45, 7) is 8.08. The first kappa shape index (κ1) is 16.6. The van der Waals surface area contributed by atoms with E-state index < -0.39 is 0 Å². The number of hydrogen-bond acceptors (Lipinski definition) is 3. The zero-order chi connectivity index (χ0) is 16.6. The fourth-order valence-electron chi connectivity index (χ4n) is 4.10. The highest BCUT2D eigenvalue weighted by molar-refractivity contribution is 5.80. The van der Waals surface area contributed by atoms with Gasteiger partial charge in [0.15, 0.2) is 0 Å². The smallest absolute Gasteiger partial charge is 0.319 e. The fourth-order valence-corrected chi connectivity index (χ4v) is 4.10. The second-order valence-electron chi connectivity index (χ2n) is 7.86. The van der Waals surface area contributed by atoms with Crippen molar-refractivity contribution in [2.75, 3.05) is 59.9 Å². The summed E-state index contributed by atoms with van der Waals surface area (Å²) in [5.74, 6) is 1.08. The number of likely N-dealkylation sites (tertiary alicyclic amines) is 1. The molecule has 6 heteroatoms. The highest BCUT2D eigenvalue weighted by Crippen LogP contribution is 2.37. The molecular formula is C17H30N4O2. The molecule has 0 radical (unpaired) electrons. The SMILES string of the molecule is CCN1C[C@@]2(CC1=O)CN(CC1CC1)CCN(C(=O)N(C)C)C2. The summed E-state index contributed by atoms with van der Waals surface area (Å²) in [5.41, 5.74) is -0.0931. The Hall–Kier alpha value is -1.30. The molecule has 2 heterocycles. The lowest BCUT2D eigenvalue weighted by atomic mass is 9.86. The van der Waals surface area contributed by atoms with Gasteiger partial charge in [-0.25, -0.2) is 4.79 Å². The van der Waals surface area contributed by atoms with Crippen LogP contribution in [0.15, 0.2) is 0 Å². The Balaban J connectivity index is 1.78. The van der Waals surface area contributed by atoms with Gasteiger partial charge < -0.3 is 19.6 Å². The summed E-state index contributed by atoms with van der Waals surface area (Å²) in [5, 5.41) is 0. The molecule has 0 aromatic rings. The maximum atomic E-state index is 12.5. The third-order valence-corrected chi connectivity index (χ3v) is 5.42. The van der Waals surface area contributed by atoms with Crippen LogP contribution in [0.25, 0.3) is 0 Å². The van der Waals surface area contributed by atoms with Crippen molar-refractivity contribution in [3.63, 3.8) is 0 Å². The van der Waals surface area contributed by atoms with Crippen LogP contribution in [0.3, 0.4) is 0 Å². The Kier molecular flexibility index (Phi) is 4.54.